The third kappa shape index (κ3) is 4.41. The molecule has 2 fully saturated rings. The molecule has 1 N–H and O–H groups in total. The summed E-state index contributed by atoms with van der Waals surface area (Å²) in [6.45, 7) is 1.88. The fourth-order valence-electron chi connectivity index (χ4n) is 4.84. The van der Waals surface area contributed by atoms with Crippen LogP contribution in [0.1, 0.15) is 32.1 Å². The molecule has 0 radical (unpaired) electrons. The van der Waals surface area contributed by atoms with Crippen LogP contribution in [0.3, 0.4) is 0 Å². The number of fused-ring (bicyclic) bond motifs is 1. The first-order valence-corrected chi connectivity index (χ1v) is 12.1. The Morgan fingerprint density at radius 3 is 2.76 bits per heavy atom. The molecule has 29 heavy (non-hydrogen) atoms. The van der Waals surface area contributed by atoms with Gasteiger partial charge in [-0.15, -0.1) is 0 Å². The van der Waals surface area contributed by atoms with Crippen molar-refractivity contribution in [3.8, 4) is 0 Å². The lowest BCUT2D eigenvalue weighted by Crippen LogP contribution is -2.39. The Labute approximate surface area is 172 Å². The first-order chi connectivity index (χ1) is 14.0. The van der Waals surface area contributed by atoms with E-state index in [4.69, 9.17) is 4.74 Å². The molecule has 2 aliphatic rings. The van der Waals surface area contributed by atoms with E-state index in [2.05, 4.69) is 26.9 Å². The fourth-order valence-corrected chi connectivity index (χ4v) is 6.80. The zero-order valence-electron chi connectivity index (χ0n) is 17.2. The molecule has 0 amide bonds. The Kier molecular flexibility index (Phi) is 6.08. The quantitative estimate of drug-likeness (QED) is 0.737. The minimum Gasteiger partial charge on any atom is -0.384 e. The van der Waals surface area contributed by atoms with Gasteiger partial charge in [0.1, 0.15) is 17.8 Å². The number of ether oxygens (including phenoxy) is 1. The van der Waals surface area contributed by atoms with Gasteiger partial charge < -0.3 is 14.6 Å². The summed E-state index contributed by atoms with van der Waals surface area (Å²) in [5.41, 5.74) is 0.846. The van der Waals surface area contributed by atoms with Gasteiger partial charge in [-0.1, -0.05) is 0 Å². The standard InChI is InChI=1S/C20H31N5O3S/c1-24(20-18-7-9-21-19(18)22-14-23-20)17-5-3-15(4-6-17)13-29(26,27)25-10-8-16(11-25)12-28-2/h7,9,14-17H,3-6,8,10-13H2,1-2H3,(H,21,22,23)/t15?,16-,17?/m1/s1. The molecule has 0 bridgehead atoms. The highest BCUT2D eigenvalue weighted by molar-refractivity contribution is 7.89. The van der Waals surface area contributed by atoms with Crippen molar-refractivity contribution in [2.75, 3.05) is 44.5 Å². The van der Waals surface area contributed by atoms with E-state index in [9.17, 15) is 8.42 Å². The summed E-state index contributed by atoms with van der Waals surface area (Å²) < 4.78 is 32.6. The van der Waals surface area contributed by atoms with Gasteiger partial charge in [0.2, 0.25) is 10.0 Å². The SMILES string of the molecule is COC[C@@H]1CCN(S(=O)(=O)CC2CCC(N(C)c3ncnc4[nH]ccc34)CC2)C1. The van der Waals surface area contributed by atoms with Crippen LogP contribution in [0.15, 0.2) is 18.6 Å². The average Bonchev–Trinajstić information content (AvgIpc) is 3.37. The van der Waals surface area contributed by atoms with Crippen molar-refractivity contribution in [3.05, 3.63) is 18.6 Å². The monoisotopic (exact) mass is 421 g/mol. The van der Waals surface area contributed by atoms with Gasteiger partial charge in [0.05, 0.1) is 17.7 Å². The molecule has 3 heterocycles. The van der Waals surface area contributed by atoms with Gasteiger partial charge in [0.15, 0.2) is 0 Å². The lowest BCUT2D eigenvalue weighted by molar-refractivity contribution is 0.157. The van der Waals surface area contributed by atoms with Gasteiger partial charge in [-0.3, -0.25) is 0 Å². The number of nitrogens with one attached hydrogen (secondary N) is 1. The van der Waals surface area contributed by atoms with Crippen molar-refractivity contribution in [1.29, 1.82) is 0 Å². The smallest absolute Gasteiger partial charge is 0.214 e. The normalized spacial score (nSPS) is 26.2. The van der Waals surface area contributed by atoms with Crippen LogP contribution in [-0.2, 0) is 14.8 Å². The summed E-state index contributed by atoms with van der Waals surface area (Å²) in [5, 5.41) is 1.03. The van der Waals surface area contributed by atoms with Crippen LogP contribution >= 0.6 is 0 Å². The van der Waals surface area contributed by atoms with Crippen LogP contribution in [-0.4, -0.2) is 73.3 Å². The summed E-state index contributed by atoms with van der Waals surface area (Å²) in [6, 6.07) is 2.38. The number of methoxy groups -OCH3 is 1. The van der Waals surface area contributed by atoms with Gasteiger partial charge in [0.25, 0.3) is 0 Å². The molecule has 1 aliphatic heterocycles. The number of hydrogen-bond acceptors (Lipinski definition) is 6. The molecular weight excluding hydrogens is 390 g/mol. The lowest BCUT2D eigenvalue weighted by atomic mass is 9.86. The van der Waals surface area contributed by atoms with E-state index >= 15 is 0 Å². The van der Waals surface area contributed by atoms with Gasteiger partial charge in [-0.2, -0.15) is 0 Å². The number of hydrogen-bond donors (Lipinski definition) is 1. The first kappa shape index (κ1) is 20.6. The fraction of sp³-hybridized carbons (Fsp3) is 0.700. The lowest BCUT2D eigenvalue weighted by Gasteiger charge is -2.35. The predicted octanol–water partition coefficient (Wildman–Crippen LogP) is 2.25. The maximum absolute atomic E-state index is 12.9. The van der Waals surface area contributed by atoms with Crippen molar-refractivity contribution in [2.24, 2.45) is 11.8 Å². The van der Waals surface area contributed by atoms with Crippen LogP contribution in [0.25, 0.3) is 11.0 Å². The van der Waals surface area contributed by atoms with Crippen molar-refractivity contribution < 1.29 is 13.2 Å². The highest BCUT2D eigenvalue weighted by atomic mass is 32.2. The Balaban J connectivity index is 1.33. The number of H-pyrrole nitrogens is 1. The van der Waals surface area contributed by atoms with Crippen LogP contribution in [0.5, 0.6) is 0 Å². The van der Waals surface area contributed by atoms with Crippen molar-refractivity contribution in [3.63, 3.8) is 0 Å². The predicted molar refractivity (Wildman–Crippen MR) is 113 cm³/mol. The van der Waals surface area contributed by atoms with Gasteiger partial charge in [-0.05, 0) is 50.0 Å². The number of rotatable bonds is 7. The summed E-state index contributed by atoms with van der Waals surface area (Å²) in [7, 11) is 0.573. The average molecular weight is 422 g/mol. The molecule has 0 spiro atoms. The molecule has 1 saturated carbocycles. The third-order valence-corrected chi connectivity index (χ3v) is 8.53. The van der Waals surface area contributed by atoms with Gasteiger partial charge in [0, 0.05) is 39.5 Å². The number of aromatic nitrogens is 3. The van der Waals surface area contributed by atoms with Crippen LogP contribution in [0, 0.1) is 11.8 Å². The first-order valence-electron chi connectivity index (χ1n) is 10.5. The third-order valence-electron chi connectivity index (χ3n) is 6.52. The molecule has 1 atom stereocenters. The van der Waals surface area contributed by atoms with Gasteiger partial charge >= 0.3 is 0 Å². The molecule has 9 heteroatoms. The number of sulfonamides is 1. The van der Waals surface area contributed by atoms with Crippen molar-refractivity contribution >= 4 is 26.9 Å². The molecular formula is C20H31N5O3S. The Hall–Kier alpha value is -1.71. The second-order valence-corrected chi connectivity index (χ2v) is 10.5. The topological polar surface area (TPSA) is 91.4 Å². The molecule has 0 aromatic carbocycles. The Bertz CT molecular complexity index is 923. The van der Waals surface area contributed by atoms with Crippen LogP contribution in [0.2, 0.25) is 0 Å². The molecule has 1 saturated heterocycles. The zero-order valence-corrected chi connectivity index (χ0v) is 18.1. The van der Waals surface area contributed by atoms with E-state index in [0.717, 1.165) is 49.0 Å². The molecule has 2 aromatic heterocycles. The van der Waals surface area contributed by atoms with E-state index < -0.39 is 10.0 Å². The highest BCUT2D eigenvalue weighted by Gasteiger charge is 2.34. The molecule has 160 valence electrons. The maximum Gasteiger partial charge on any atom is 0.214 e. The summed E-state index contributed by atoms with van der Waals surface area (Å²) >= 11 is 0. The summed E-state index contributed by atoms with van der Waals surface area (Å²) in [5.74, 6) is 1.79. The van der Waals surface area contributed by atoms with Crippen LogP contribution in [0.4, 0.5) is 5.82 Å². The zero-order chi connectivity index (χ0) is 20.4. The number of nitrogens with zero attached hydrogens (tertiary/aromatic N) is 4. The van der Waals surface area contributed by atoms with Crippen molar-refractivity contribution in [2.45, 2.75) is 38.1 Å². The minimum atomic E-state index is -3.18. The number of anilines is 1. The molecule has 4 rings (SSSR count). The molecule has 0 unspecified atom stereocenters. The highest BCUT2D eigenvalue weighted by Crippen LogP contribution is 2.33. The van der Waals surface area contributed by atoms with E-state index in [1.54, 1.807) is 17.7 Å². The Morgan fingerprint density at radius 2 is 2.00 bits per heavy atom. The molecule has 8 nitrogen and oxygen atoms in total. The largest absolute Gasteiger partial charge is 0.384 e. The minimum absolute atomic E-state index is 0.240. The molecule has 1 aliphatic carbocycles. The molecule has 2 aromatic rings. The number of aromatic amines is 1. The van der Waals surface area contributed by atoms with E-state index in [1.807, 2.05) is 12.3 Å². The summed E-state index contributed by atoms with van der Waals surface area (Å²) in [4.78, 5) is 14.1. The van der Waals surface area contributed by atoms with E-state index in [1.165, 1.54) is 0 Å². The van der Waals surface area contributed by atoms with Gasteiger partial charge in [-0.25, -0.2) is 22.7 Å². The van der Waals surface area contributed by atoms with E-state index in [-0.39, 0.29) is 11.7 Å². The summed E-state index contributed by atoms with van der Waals surface area (Å²) in [6.07, 6.45) is 8.22. The van der Waals surface area contributed by atoms with Crippen molar-refractivity contribution in [1.82, 2.24) is 19.3 Å². The van der Waals surface area contributed by atoms with E-state index in [0.29, 0.717) is 31.7 Å². The van der Waals surface area contributed by atoms with Crippen LogP contribution < -0.4 is 4.90 Å². The maximum atomic E-state index is 12.9. The second-order valence-electron chi connectivity index (χ2n) is 8.47. The second kappa shape index (κ2) is 8.57. The Morgan fingerprint density at radius 1 is 1.21 bits per heavy atom.